The fourth-order valence-electron chi connectivity index (χ4n) is 3.41. The molecule has 0 radical (unpaired) electrons. The van der Waals surface area contributed by atoms with Gasteiger partial charge in [-0.2, -0.15) is 16.8 Å². The molecule has 34 heavy (non-hydrogen) atoms. The highest BCUT2D eigenvalue weighted by molar-refractivity contribution is 9.10. The normalized spacial score (nSPS) is 18.8. The van der Waals surface area contributed by atoms with Gasteiger partial charge in [0, 0.05) is 37.4 Å². The Balaban J connectivity index is 0.000000320. The second kappa shape index (κ2) is 10.8. The lowest BCUT2D eigenvalue weighted by Gasteiger charge is -2.33. The first-order valence-corrected chi connectivity index (χ1v) is 14.0. The number of hydrogen-bond acceptors (Lipinski definition) is 8. The van der Waals surface area contributed by atoms with Gasteiger partial charge in [0.1, 0.15) is 5.65 Å². The number of aromatic amines is 1. The van der Waals surface area contributed by atoms with Gasteiger partial charge in [-0.25, -0.2) is 4.98 Å². The van der Waals surface area contributed by atoms with Crippen LogP contribution in [0.25, 0.3) is 11.0 Å². The number of pyridine rings is 1. The Hall–Kier alpha value is -1.82. The van der Waals surface area contributed by atoms with Crippen molar-refractivity contribution in [3.63, 3.8) is 0 Å². The van der Waals surface area contributed by atoms with Crippen LogP contribution in [0.15, 0.2) is 16.9 Å². The molecule has 1 unspecified atom stereocenters. The molecule has 13 nitrogen and oxygen atoms in total. The number of piperidine rings is 1. The van der Waals surface area contributed by atoms with E-state index in [2.05, 4.69) is 36.1 Å². The highest BCUT2D eigenvalue weighted by Gasteiger charge is 2.31. The van der Waals surface area contributed by atoms with Crippen molar-refractivity contribution >= 4 is 64.5 Å². The van der Waals surface area contributed by atoms with Crippen LogP contribution in [0.3, 0.4) is 0 Å². The molecule has 16 heteroatoms. The summed E-state index contributed by atoms with van der Waals surface area (Å²) in [5, 5.41) is 4.02. The molecule has 4 rings (SSSR count). The van der Waals surface area contributed by atoms with E-state index in [1.54, 1.807) is 6.20 Å². The lowest BCUT2D eigenvalue weighted by atomic mass is 10.1. The van der Waals surface area contributed by atoms with E-state index in [1.807, 2.05) is 6.20 Å². The Bertz CT molecular complexity index is 1210. The topological polar surface area (TPSA) is 227 Å². The fraction of sp³-hybridized carbons (Fsp3) is 0.556. The highest BCUT2D eigenvalue weighted by Crippen LogP contribution is 2.39. The number of amides is 1. The molecule has 1 saturated heterocycles. The summed E-state index contributed by atoms with van der Waals surface area (Å²) < 4.78 is 54.8. The first-order chi connectivity index (χ1) is 15.3. The molecule has 1 aliphatic heterocycles. The number of fused-ring (bicyclic) bond motifs is 1. The van der Waals surface area contributed by atoms with Gasteiger partial charge in [-0.3, -0.25) is 13.9 Å². The number of nitrogens with one attached hydrogen (secondary N) is 2. The minimum atomic E-state index is -4.70. The Kier molecular flexibility index (Phi) is 9.06. The molecule has 1 aliphatic carbocycles. The first-order valence-electron chi connectivity index (χ1n) is 10.2. The predicted octanol–water partition coefficient (Wildman–Crippen LogP) is 0.885. The van der Waals surface area contributed by atoms with Gasteiger partial charge in [0.05, 0.1) is 21.2 Å². The second-order valence-corrected chi connectivity index (χ2v) is 12.7. The molecular formula is C18H28BrN5O8S2. The van der Waals surface area contributed by atoms with Gasteiger partial charge in [-0.05, 0) is 48.5 Å². The number of nitrogens with two attached hydrogens (primary N) is 1. The average Bonchev–Trinajstić information content (AvgIpc) is 3.49. The molecule has 2 aromatic rings. The first kappa shape index (κ1) is 28.4. The highest BCUT2D eigenvalue weighted by atomic mass is 79.9. The van der Waals surface area contributed by atoms with Crippen LogP contribution in [-0.4, -0.2) is 71.0 Å². The summed E-state index contributed by atoms with van der Waals surface area (Å²) in [5.74, 6) is 0.277. The molecule has 2 fully saturated rings. The van der Waals surface area contributed by atoms with E-state index in [0.29, 0.717) is 6.92 Å². The molecule has 0 aromatic carbocycles. The van der Waals surface area contributed by atoms with Crippen LogP contribution in [0.1, 0.15) is 32.6 Å². The summed E-state index contributed by atoms with van der Waals surface area (Å²) >= 11 is 3.63. The number of anilines is 2. The monoisotopic (exact) mass is 585 g/mol. The molecule has 8 N–H and O–H groups in total. The van der Waals surface area contributed by atoms with E-state index in [0.717, 1.165) is 65.7 Å². The Morgan fingerprint density at radius 3 is 2.38 bits per heavy atom. The maximum atomic E-state index is 12.2. The number of carbonyl (C=O) groups is 1. The lowest BCUT2D eigenvalue weighted by Crippen LogP contribution is -2.43. The van der Waals surface area contributed by atoms with Crippen LogP contribution in [0.2, 0.25) is 0 Å². The number of carbonyl (C=O) groups excluding carboxylic acids is 1. The summed E-state index contributed by atoms with van der Waals surface area (Å²) in [6, 6.07) is 0.183. The van der Waals surface area contributed by atoms with Crippen molar-refractivity contribution in [2.24, 2.45) is 11.7 Å². The van der Waals surface area contributed by atoms with Crippen LogP contribution in [0.5, 0.6) is 0 Å². The molecular weight excluding hydrogens is 558 g/mol. The Morgan fingerprint density at radius 1 is 1.26 bits per heavy atom. The zero-order chi connectivity index (χ0) is 24.6. The van der Waals surface area contributed by atoms with Crippen molar-refractivity contribution in [1.29, 1.82) is 0 Å². The minimum Gasteiger partial charge on any atom is -0.412 e. The van der Waals surface area contributed by atoms with Gasteiger partial charge in [0.15, 0.2) is 0 Å². The van der Waals surface area contributed by atoms with Crippen molar-refractivity contribution in [2.75, 3.05) is 23.3 Å². The van der Waals surface area contributed by atoms with Gasteiger partial charge in [-0.1, -0.05) is 0 Å². The van der Waals surface area contributed by atoms with Crippen molar-refractivity contribution in [2.45, 2.75) is 43.2 Å². The van der Waals surface area contributed by atoms with E-state index in [-0.39, 0.29) is 23.3 Å². The second-order valence-electron chi connectivity index (χ2n) is 8.09. The summed E-state index contributed by atoms with van der Waals surface area (Å²) in [6.07, 6.45) is 7.75. The summed E-state index contributed by atoms with van der Waals surface area (Å²) in [6.45, 7) is 2.44. The van der Waals surface area contributed by atoms with Crippen LogP contribution < -0.4 is 16.0 Å². The van der Waals surface area contributed by atoms with E-state index in [9.17, 15) is 21.6 Å². The number of aromatic nitrogens is 2. The predicted molar refractivity (Wildman–Crippen MR) is 131 cm³/mol. The fourth-order valence-corrected chi connectivity index (χ4v) is 5.19. The molecule has 3 heterocycles. The Labute approximate surface area is 205 Å². The third-order valence-electron chi connectivity index (χ3n) is 5.45. The van der Waals surface area contributed by atoms with E-state index in [4.69, 9.17) is 14.8 Å². The zero-order valence-corrected chi connectivity index (χ0v) is 21.5. The SMILES string of the molecule is CC(S(=O)(=O)O)S(=O)(=O)O.NC1CCCN(c2c(Br)cnc3[nH]cc(NC(=O)C4CC4)c23)C1.O. The number of H-pyrrole nitrogens is 1. The molecule has 1 saturated carbocycles. The van der Waals surface area contributed by atoms with Gasteiger partial charge < -0.3 is 26.4 Å². The number of halogens is 1. The maximum absolute atomic E-state index is 12.2. The van der Waals surface area contributed by atoms with Crippen molar-refractivity contribution in [3.05, 3.63) is 16.9 Å². The molecule has 1 amide bonds. The molecule has 192 valence electrons. The summed E-state index contributed by atoms with van der Waals surface area (Å²) in [5.41, 5.74) is 8.81. The van der Waals surface area contributed by atoms with Crippen molar-refractivity contribution in [3.8, 4) is 0 Å². The quantitative estimate of drug-likeness (QED) is 0.311. The van der Waals surface area contributed by atoms with Crippen LogP contribution >= 0.6 is 15.9 Å². The van der Waals surface area contributed by atoms with Gasteiger partial charge in [-0.15, -0.1) is 0 Å². The van der Waals surface area contributed by atoms with Crippen LogP contribution in [0.4, 0.5) is 11.4 Å². The number of rotatable bonds is 5. The van der Waals surface area contributed by atoms with Crippen molar-refractivity contribution < 1.29 is 36.2 Å². The number of nitrogens with zero attached hydrogens (tertiary/aromatic N) is 2. The Morgan fingerprint density at radius 2 is 1.88 bits per heavy atom. The van der Waals surface area contributed by atoms with Gasteiger partial charge >= 0.3 is 0 Å². The van der Waals surface area contributed by atoms with E-state index >= 15 is 0 Å². The molecule has 0 bridgehead atoms. The lowest BCUT2D eigenvalue weighted by molar-refractivity contribution is -0.117. The molecule has 2 aliphatic rings. The molecule has 1 atom stereocenters. The maximum Gasteiger partial charge on any atom is 0.284 e. The summed E-state index contributed by atoms with van der Waals surface area (Å²) in [7, 11) is -9.40. The van der Waals surface area contributed by atoms with Crippen molar-refractivity contribution in [1.82, 2.24) is 9.97 Å². The minimum absolute atomic E-state index is 0. The standard InChI is InChI=1S/C16H20BrN5O.C2H6O6S2.H2O/c17-11-6-19-15-13(14(11)22-5-1-2-10(18)8-22)12(7-20-15)21-16(23)9-3-4-9;1-2(9(3,4)5)10(6,7)8;/h6-7,9-10H,1-5,8,18H2,(H,19,20)(H,21,23);2H,1H3,(H,3,4,5)(H,6,7,8);1H2. The van der Waals surface area contributed by atoms with Crippen LogP contribution in [-0.2, 0) is 25.0 Å². The average molecular weight is 586 g/mol. The van der Waals surface area contributed by atoms with E-state index < -0.39 is 24.8 Å². The van der Waals surface area contributed by atoms with Gasteiger partial charge in [0.25, 0.3) is 20.2 Å². The van der Waals surface area contributed by atoms with E-state index in [1.165, 1.54) is 0 Å². The number of hydrogen-bond donors (Lipinski definition) is 5. The third-order valence-corrected chi connectivity index (χ3v) is 9.17. The smallest absolute Gasteiger partial charge is 0.284 e. The zero-order valence-electron chi connectivity index (χ0n) is 18.2. The van der Waals surface area contributed by atoms with Gasteiger partial charge in [0.2, 0.25) is 10.5 Å². The molecule has 2 aromatic heterocycles. The summed E-state index contributed by atoms with van der Waals surface area (Å²) in [4.78, 5) is 22.0. The molecule has 0 spiro atoms. The third kappa shape index (κ3) is 6.87. The van der Waals surface area contributed by atoms with Crippen LogP contribution in [0, 0.1) is 5.92 Å². The largest absolute Gasteiger partial charge is 0.412 e.